The lowest BCUT2D eigenvalue weighted by molar-refractivity contribution is -0.143. The molecule has 3 aromatic rings. The lowest BCUT2D eigenvalue weighted by atomic mass is 9.84. The monoisotopic (exact) mass is 578 g/mol. The molecule has 1 saturated heterocycles. The molecular formula is C31H38N4O7. The molecule has 0 aliphatic carbocycles. The van der Waals surface area contributed by atoms with Crippen LogP contribution in [0.4, 0.5) is 5.69 Å². The number of carbonyl (C=O) groups excluding carboxylic acids is 1. The molecule has 0 radical (unpaired) electrons. The highest BCUT2D eigenvalue weighted by atomic mass is 16.7. The van der Waals surface area contributed by atoms with E-state index in [1.165, 1.54) is 16.7 Å². The van der Waals surface area contributed by atoms with Crippen LogP contribution in [0.5, 0.6) is 23.3 Å². The average molecular weight is 579 g/mol. The van der Waals surface area contributed by atoms with E-state index < -0.39 is 23.8 Å². The molecule has 1 aromatic heterocycles. The van der Waals surface area contributed by atoms with Gasteiger partial charge >= 0.3 is 5.97 Å². The second-order valence-corrected chi connectivity index (χ2v) is 10.8. The van der Waals surface area contributed by atoms with Crippen LogP contribution in [0.15, 0.2) is 54.6 Å². The molecule has 5 rings (SSSR count). The molecule has 3 heterocycles. The summed E-state index contributed by atoms with van der Waals surface area (Å²) in [7, 11) is 0. The SMILES string of the molecule is CCCCN(C(=O)CN1C[C@H](c2ccc3c(c2)OCO3)C(C(=O)O)[C@@H]1CCn1c(O)ccc1O)c1cccc(CN)c1. The van der Waals surface area contributed by atoms with Crippen LogP contribution in [-0.2, 0) is 22.7 Å². The van der Waals surface area contributed by atoms with Crippen LogP contribution >= 0.6 is 0 Å². The van der Waals surface area contributed by atoms with E-state index in [1.807, 2.05) is 41.3 Å². The number of aliphatic carboxylic acids is 1. The third-order valence-corrected chi connectivity index (χ3v) is 8.27. The number of aromatic nitrogens is 1. The van der Waals surface area contributed by atoms with Crippen molar-refractivity contribution in [3.63, 3.8) is 0 Å². The summed E-state index contributed by atoms with van der Waals surface area (Å²) >= 11 is 0. The van der Waals surface area contributed by atoms with Gasteiger partial charge in [-0.2, -0.15) is 0 Å². The van der Waals surface area contributed by atoms with E-state index >= 15 is 0 Å². The van der Waals surface area contributed by atoms with Gasteiger partial charge in [0.1, 0.15) is 0 Å². The molecule has 2 aliphatic rings. The van der Waals surface area contributed by atoms with Gasteiger partial charge in [0, 0.05) is 56.0 Å². The summed E-state index contributed by atoms with van der Waals surface area (Å²) in [6.45, 7) is 3.58. The number of amides is 1. The smallest absolute Gasteiger partial charge is 0.308 e. The maximum absolute atomic E-state index is 13.9. The van der Waals surface area contributed by atoms with Crippen molar-refractivity contribution >= 4 is 17.6 Å². The average Bonchev–Trinajstić information content (AvgIpc) is 3.69. The molecule has 0 spiro atoms. The summed E-state index contributed by atoms with van der Waals surface area (Å²) in [5.74, 6) is -1.43. The van der Waals surface area contributed by atoms with Crippen LogP contribution in [0, 0.1) is 5.92 Å². The van der Waals surface area contributed by atoms with E-state index in [2.05, 4.69) is 6.92 Å². The quantitative estimate of drug-likeness (QED) is 0.253. The summed E-state index contributed by atoms with van der Waals surface area (Å²) in [4.78, 5) is 30.5. The first-order valence-electron chi connectivity index (χ1n) is 14.3. The van der Waals surface area contributed by atoms with E-state index in [-0.39, 0.29) is 37.5 Å². The molecule has 0 bridgehead atoms. The Morgan fingerprint density at radius 3 is 2.52 bits per heavy atom. The summed E-state index contributed by atoms with van der Waals surface area (Å²) in [5, 5.41) is 30.9. The lowest BCUT2D eigenvalue weighted by Gasteiger charge is -2.30. The van der Waals surface area contributed by atoms with Crippen molar-refractivity contribution < 1.29 is 34.4 Å². The maximum Gasteiger partial charge on any atom is 0.308 e. The van der Waals surface area contributed by atoms with Crippen molar-refractivity contribution in [2.24, 2.45) is 11.7 Å². The first-order chi connectivity index (χ1) is 20.3. The van der Waals surface area contributed by atoms with Gasteiger partial charge in [0.05, 0.1) is 12.5 Å². The normalized spacial score (nSPS) is 19.7. The molecule has 3 atom stereocenters. The number of ether oxygens (including phenoxy) is 2. The fraction of sp³-hybridized carbons (Fsp3) is 0.419. The van der Waals surface area contributed by atoms with Gasteiger partial charge in [-0.3, -0.25) is 19.1 Å². The molecule has 11 heteroatoms. The topological polar surface area (TPSA) is 151 Å². The van der Waals surface area contributed by atoms with Gasteiger partial charge in [-0.05, 0) is 48.2 Å². The number of nitrogens with two attached hydrogens (primary N) is 1. The lowest BCUT2D eigenvalue weighted by Crippen LogP contribution is -2.45. The van der Waals surface area contributed by atoms with Gasteiger partial charge in [0.25, 0.3) is 0 Å². The first-order valence-corrected chi connectivity index (χ1v) is 14.3. The fourth-order valence-electron chi connectivity index (χ4n) is 6.10. The van der Waals surface area contributed by atoms with E-state index in [0.717, 1.165) is 29.7 Å². The number of hydrogen-bond acceptors (Lipinski definition) is 8. The molecule has 11 nitrogen and oxygen atoms in total. The second-order valence-electron chi connectivity index (χ2n) is 10.8. The number of hydrogen-bond donors (Lipinski definition) is 4. The summed E-state index contributed by atoms with van der Waals surface area (Å²) in [5.41, 5.74) is 8.33. The number of unbranched alkanes of at least 4 members (excludes halogenated alkanes) is 1. The zero-order valence-electron chi connectivity index (χ0n) is 23.7. The minimum Gasteiger partial charge on any atom is -0.494 e. The van der Waals surface area contributed by atoms with E-state index in [9.17, 15) is 24.9 Å². The largest absolute Gasteiger partial charge is 0.494 e. The zero-order valence-corrected chi connectivity index (χ0v) is 23.7. The number of nitrogens with zero attached hydrogens (tertiary/aromatic N) is 3. The number of carboxylic acids is 1. The van der Waals surface area contributed by atoms with Crippen molar-refractivity contribution in [3.8, 4) is 23.3 Å². The van der Waals surface area contributed by atoms with Crippen molar-refractivity contribution in [1.29, 1.82) is 0 Å². The predicted octanol–water partition coefficient (Wildman–Crippen LogP) is 3.48. The van der Waals surface area contributed by atoms with E-state index in [4.69, 9.17) is 15.2 Å². The highest BCUT2D eigenvalue weighted by molar-refractivity contribution is 5.95. The molecule has 42 heavy (non-hydrogen) atoms. The number of fused-ring (bicyclic) bond motifs is 1. The molecule has 1 fully saturated rings. The van der Waals surface area contributed by atoms with Gasteiger partial charge in [0.15, 0.2) is 23.3 Å². The minimum atomic E-state index is -0.975. The van der Waals surface area contributed by atoms with E-state index in [0.29, 0.717) is 37.6 Å². The van der Waals surface area contributed by atoms with Crippen molar-refractivity contribution in [3.05, 3.63) is 65.7 Å². The van der Waals surface area contributed by atoms with Crippen molar-refractivity contribution in [1.82, 2.24) is 9.47 Å². The highest BCUT2D eigenvalue weighted by Gasteiger charge is 2.47. The molecule has 0 saturated carbocycles. The second kappa shape index (κ2) is 12.7. The Morgan fingerprint density at radius 1 is 1.05 bits per heavy atom. The van der Waals surface area contributed by atoms with Crippen LogP contribution in [0.25, 0.3) is 0 Å². The number of rotatable bonds is 12. The van der Waals surface area contributed by atoms with E-state index in [1.54, 1.807) is 11.0 Å². The number of aromatic hydroxyl groups is 2. The standard InChI is InChI=1S/C31H38N4O7/c1-2-3-12-34(22-6-4-5-20(14-22)16-32)29(38)18-33-17-23(21-7-8-25-26(15-21)42-19-41-25)30(31(39)40)24(33)11-13-35-27(36)9-10-28(35)37/h4-10,14-15,23-24,30,36-37H,2-3,11-13,16-19,32H2,1H3,(H,39,40)/t23-,24+,30?/m1/s1. The zero-order chi connectivity index (χ0) is 29.8. The molecular weight excluding hydrogens is 540 g/mol. The van der Waals surface area contributed by atoms with Gasteiger partial charge in [-0.25, -0.2) is 0 Å². The highest BCUT2D eigenvalue weighted by Crippen LogP contribution is 2.43. The van der Waals surface area contributed by atoms with Gasteiger partial charge in [-0.15, -0.1) is 0 Å². The van der Waals surface area contributed by atoms with Crippen molar-refractivity contribution in [2.45, 2.75) is 51.2 Å². The van der Waals surface area contributed by atoms with Crippen LogP contribution in [-0.4, -0.2) is 69.1 Å². The number of anilines is 1. The number of carbonyl (C=O) groups is 2. The van der Waals surface area contributed by atoms with Crippen molar-refractivity contribution in [2.75, 3.05) is 31.3 Å². The Bertz CT molecular complexity index is 1400. The Morgan fingerprint density at radius 2 is 1.81 bits per heavy atom. The summed E-state index contributed by atoms with van der Waals surface area (Å²) in [6, 6.07) is 15.3. The number of carboxylic acid groups (broad SMARTS) is 1. The van der Waals surface area contributed by atoms with Crippen LogP contribution in [0.3, 0.4) is 0 Å². The molecule has 5 N–H and O–H groups in total. The van der Waals surface area contributed by atoms with Gasteiger partial charge in [0.2, 0.25) is 12.7 Å². The Kier molecular flexibility index (Phi) is 8.89. The summed E-state index contributed by atoms with van der Waals surface area (Å²) in [6.07, 6.45) is 2.01. The minimum absolute atomic E-state index is 0.00963. The molecule has 224 valence electrons. The van der Waals surface area contributed by atoms with Gasteiger partial charge in [-0.1, -0.05) is 31.5 Å². The number of likely N-dealkylation sites (tertiary alicyclic amines) is 1. The van der Waals surface area contributed by atoms with Crippen LogP contribution < -0.4 is 20.1 Å². The molecule has 2 aromatic carbocycles. The van der Waals surface area contributed by atoms with Crippen LogP contribution in [0.1, 0.15) is 43.2 Å². The molecule has 1 amide bonds. The van der Waals surface area contributed by atoms with Crippen LogP contribution in [0.2, 0.25) is 0 Å². The number of benzene rings is 2. The Balaban J connectivity index is 1.46. The Hall–Kier alpha value is -4.22. The first kappa shape index (κ1) is 29.3. The maximum atomic E-state index is 13.9. The molecule has 2 aliphatic heterocycles. The van der Waals surface area contributed by atoms with Gasteiger partial charge < -0.3 is 35.4 Å². The predicted molar refractivity (Wildman–Crippen MR) is 156 cm³/mol. The molecule has 1 unspecified atom stereocenters. The third kappa shape index (κ3) is 6.02. The fourth-order valence-corrected chi connectivity index (χ4v) is 6.10. The third-order valence-electron chi connectivity index (χ3n) is 8.27. The summed E-state index contributed by atoms with van der Waals surface area (Å²) < 4.78 is 12.3. The Labute approximate surface area is 244 Å².